The summed E-state index contributed by atoms with van der Waals surface area (Å²) in [6.45, 7) is 0. The highest BCUT2D eigenvalue weighted by molar-refractivity contribution is 6.33. The predicted molar refractivity (Wildman–Crippen MR) is 59.3 cm³/mol. The number of hydrogen-bond donors (Lipinski definition) is 2. The first kappa shape index (κ1) is 10.9. The molecule has 15 heavy (non-hydrogen) atoms. The lowest BCUT2D eigenvalue weighted by Crippen LogP contribution is -2.28. The molecule has 1 aliphatic rings. The molecule has 0 amide bonds. The van der Waals surface area contributed by atoms with Crippen LogP contribution in [0.5, 0.6) is 0 Å². The summed E-state index contributed by atoms with van der Waals surface area (Å²) in [7, 11) is 0. The van der Waals surface area contributed by atoms with Gasteiger partial charge in [0.25, 0.3) is 0 Å². The molecule has 0 bridgehead atoms. The molecule has 2 atom stereocenters. The van der Waals surface area contributed by atoms with Gasteiger partial charge in [0, 0.05) is 0 Å². The summed E-state index contributed by atoms with van der Waals surface area (Å²) >= 11 is 11.5. The van der Waals surface area contributed by atoms with Crippen LogP contribution < -0.4 is 5.32 Å². The Morgan fingerprint density at radius 1 is 1.40 bits per heavy atom. The maximum atomic E-state index is 9.63. The summed E-state index contributed by atoms with van der Waals surface area (Å²) in [5.41, 5.74) is 0. The maximum Gasteiger partial charge on any atom is 0.224 e. The van der Waals surface area contributed by atoms with E-state index in [1.165, 1.54) is 6.20 Å². The molecule has 0 saturated heterocycles. The number of halogens is 2. The highest BCUT2D eigenvalue weighted by Crippen LogP contribution is 2.26. The summed E-state index contributed by atoms with van der Waals surface area (Å²) < 4.78 is 0. The molecule has 2 rings (SSSR count). The zero-order valence-electron chi connectivity index (χ0n) is 7.95. The van der Waals surface area contributed by atoms with E-state index in [4.69, 9.17) is 23.2 Å². The zero-order chi connectivity index (χ0) is 10.8. The molecule has 2 N–H and O–H groups in total. The summed E-state index contributed by atoms with van der Waals surface area (Å²) in [4.78, 5) is 7.72. The van der Waals surface area contributed by atoms with Crippen molar-refractivity contribution < 1.29 is 5.11 Å². The number of aromatic nitrogens is 2. The van der Waals surface area contributed by atoms with Crippen LogP contribution in [0, 0.1) is 0 Å². The number of nitrogens with one attached hydrogen (secondary N) is 1. The van der Waals surface area contributed by atoms with Gasteiger partial charge in [-0.05, 0) is 30.9 Å². The minimum absolute atomic E-state index is 0.00784. The van der Waals surface area contributed by atoms with E-state index in [0.29, 0.717) is 10.8 Å². The number of nitrogens with zero attached hydrogens (tertiary/aromatic N) is 2. The van der Waals surface area contributed by atoms with E-state index < -0.39 is 0 Å². The van der Waals surface area contributed by atoms with Gasteiger partial charge < -0.3 is 10.4 Å². The van der Waals surface area contributed by atoms with Crippen molar-refractivity contribution in [1.29, 1.82) is 0 Å². The van der Waals surface area contributed by atoms with Crippen LogP contribution in [0.15, 0.2) is 6.20 Å². The molecular formula is C9H11Cl2N3O. The van der Waals surface area contributed by atoms with Crippen LogP contribution >= 0.6 is 23.2 Å². The first-order valence-corrected chi connectivity index (χ1v) is 5.55. The van der Waals surface area contributed by atoms with Gasteiger partial charge in [-0.15, -0.1) is 0 Å². The second-order valence-electron chi connectivity index (χ2n) is 3.58. The van der Waals surface area contributed by atoms with E-state index in [9.17, 15) is 5.11 Å². The number of aliphatic hydroxyl groups excluding tert-OH is 1. The Bertz CT molecular complexity index is 361. The summed E-state index contributed by atoms with van der Waals surface area (Å²) in [5.74, 6) is 0.489. The standard InChI is InChI=1S/C9H11Cl2N3O/c10-5-4-12-9(11)14-8(5)13-6-2-1-3-7(6)15/h4,6-7,15H,1-3H2,(H,12,13,14). The minimum atomic E-state index is -0.338. The molecule has 0 radical (unpaired) electrons. The molecule has 1 fully saturated rings. The van der Waals surface area contributed by atoms with Crippen LogP contribution in [0.25, 0.3) is 0 Å². The summed E-state index contributed by atoms with van der Waals surface area (Å²) in [6, 6.07) is 0.00784. The van der Waals surface area contributed by atoms with Gasteiger partial charge in [-0.25, -0.2) is 4.98 Å². The molecule has 4 nitrogen and oxygen atoms in total. The van der Waals surface area contributed by atoms with Gasteiger partial charge in [0.05, 0.1) is 18.3 Å². The average molecular weight is 248 g/mol. The zero-order valence-corrected chi connectivity index (χ0v) is 9.46. The van der Waals surface area contributed by atoms with Gasteiger partial charge in [0.2, 0.25) is 5.28 Å². The topological polar surface area (TPSA) is 58.0 Å². The Hall–Kier alpha value is -0.580. The van der Waals surface area contributed by atoms with Crippen LogP contribution in [0.2, 0.25) is 10.3 Å². The highest BCUT2D eigenvalue weighted by Gasteiger charge is 2.25. The monoisotopic (exact) mass is 247 g/mol. The third-order valence-corrected chi connectivity index (χ3v) is 2.98. The molecule has 0 aliphatic heterocycles. The Labute approximate surface area is 97.6 Å². The summed E-state index contributed by atoms with van der Waals surface area (Å²) in [5, 5.41) is 13.3. The van der Waals surface area contributed by atoms with Gasteiger partial charge in [-0.2, -0.15) is 4.98 Å². The third kappa shape index (κ3) is 2.51. The molecule has 2 unspecified atom stereocenters. The van der Waals surface area contributed by atoms with Crippen molar-refractivity contribution >= 4 is 29.0 Å². The second kappa shape index (κ2) is 4.51. The lowest BCUT2D eigenvalue weighted by molar-refractivity contribution is 0.171. The molecule has 82 valence electrons. The van der Waals surface area contributed by atoms with E-state index in [2.05, 4.69) is 15.3 Å². The molecule has 1 heterocycles. The lowest BCUT2D eigenvalue weighted by atomic mass is 10.2. The number of hydrogen-bond acceptors (Lipinski definition) is 4. The fourth-order valence-electron chi connectivity index (χ4n) is 1.73. The van der Waals surface area contributed by atoms with E-state index >= 15 is 0 Å². The van der Waals surface area contributed by atoms with Gasteiger partial charge >= 0.3 is 0 Å². The van der Waals surface area contributed by atoms with Crippen molar-refractivity contribution in [2.75, 3.05) is 5.32 Å². The minimum Gasteiger partial charge on any atom is -0.391 e. The van der Waals surface area contributed by atoms with Crippen molar-refractivity contribution in [2.24, 2.45) is 0 Å². The fraction of sp³-hybridized carbons (Fsp3) is 0.556. The Morgan fingerprint density at radius 3 is 2.87 bits per heavy atom. The number of anilines is 1. The molecule has 0 aromatic carbocycles. The molecule has 1 aliphatic carbocycles. The van der Waals surface area contributed by atoms with Crippen molar-refractivity contribution in [1.82, 2.24) is 9.97 Å². The van der Waals surface area contributed by atoms with Crippen molar-refractivity contribution in [3.63, 3.8) is 0 Å². The average Bonchev–Trinajstić information content (AvgIpc) is 2.58. The van der Waals surface area contributed by atoms with Crippen molar-refractivity contribution in [3.8, 4) is 0 Å². The van der Waals surface area contributed by atoms with Crippen molar-refractivity contribution in [3.05, 3.63) is 16.5 Å². The normalized spacial score (nSPS) is 25.5. The van der Waals surface area contributed by atoms with Gasteiger partial charge in [0.1, 0.15) is 10.8 Å². The van der Waals surface area contributed by atoms with Crippen LogP contribution in [0.4, 0.5) is 5.82 Å². The molecule has 1 aromatic rings. The first-order valence-electron chi connectivity index (χ1n) is 4.79. The fourth-order valence-corrected chi connectivity index (χ4v) is 2.01. The molecular weight excluding hydrogens is 237 g/mol. The maximum absolute atomic E-state index is 9.63. The molecule has 1 saturated carbocycles. The third-order valence-electron chi connectivity index (χ3n) is 2.52. The highest BCUT2D eigenvalue weighted by atomic mass is 35.5. The van der Waals surface area contributed by atoms with Gasteiger partial charge in [0.15, 0.2) is 0 Å². The largest absolute Gasteiger partial charge is 0.391 e. The lowest BCUT2D eigenvalue weighted by Gasteiger charge is -2.17. The molecule has 6 heteroatoms. The van der Waals surface area contributed by atoms with Crippen LogP contribution in [-0.4, -0.2) is 27.2 Å². The second-order valence-corrected chi connectivity index (χ2v) is 4.33. The van der Waals surface area contributed by atoms with E-state index in [1.807, 2.05) is 0 Å². The number of rotatable bonds is 2. The van der Waals surface area contributed by atoms with E-state index in [0.717, 1.165) is 19.3 Å². The van der Waals surface area contributed by atoms with Crippen LogP contribution in [0.1, 0.15) is 19.3 Å². The first-order chi connectivity index (χ1) is 7.16. The van der Waals surface area contributed by atoms with Crippen LogP contribution in [-0.2, 0) is 0 Å². The predicted octanol–water partition coefficient (Wildman–Crippen LogP) is 2.11. The van der Waals surface area contributed by atoms with Gasteiger partial charge in [-0.3, -0.25) is 0 Å². The van der Waals surface area contributed by atoms with E-state index in [1.54, 1.807) is 0 Å². The smallest absolute Gasteiger partial charge is 0.224 e. The quantitative estimate of drug-likeness (QED) is 0.787. The molecule has 0 spiro atoms. The van der Waals surface area contributed by atoms with Gasteiger partial charge in [-0.1, -0.05) is 11.6 Å². The Morgan fingerprint density at radius 2 is 2.20 bits per heavy atom. The van der Waals surface area contributed by atoms with Crippen LogP contribution in [0.3, 0.4) is 0 Å². The summed E-state index contributed by atoms with van der Waals surface area (Å²) in [6.07, 6.45) is 3.85. The van der Waals surface area contributed by atoms with E-state index in [-0.39, 0.29) is 17.4 Å². The number of aliphatic hydroxyl groups is 1. The SMILES string of the molecule is OC1CCCC1Nc1nc(Cl)ncc1Cl. The Balaban J connectivity index is 2.12. The Kier molecular flexibility index (Phi) is 3.29. The molecule has 1 aromatic heterocycles. The van der Waals surface area contributed by atoms with Crippen molar-refractivity contribution in [2.45, 2.75) is 31.4 Å².